The Kier molecular flexibility index (Phi) is 6.64. The summed E-state index contributed by atoms with van der Waals surface area (Å²) < 4.78 is 30.7. The monoisotopic (exact) mass is 376 g/mol. The van der Waals surface area contributed by atoms with E-state index in [1.54, 1.807) is 0 Å². The van der Waals surface area contributed by atoms with Gasteiger partial charge in [0.15, 0.2) is 0 Å². The van der Waals surface area contributed by atoms with E-state index in [1.165, 1.54) is 7.11 Å². The van der Waals surface area contributed by atoms with E-state index < -0.39 is 22.0 Å². The molecular weight excluding hydrogens is 348 g/mol. The van der Waals surface area contributed by atoms with E-state index >= 15 is 0 Å². The maximum Gasteiger partial charge on any atom is 0.315 e. The molecule has 0 aliphatic carbocycles. The Morgan fingerprint density at radius 1 is 1.40 bits per heavy atom. The predicted octanol–water partition coefficient (Wildman–Crippen LogP) is -0.655. The summed E-state index contributed by atoms with van der Waals surface area (Å²) in [5.41, 5.74) is 0. The van der Waals surface area contributed by atoms with Crippen molar-refractivity contribution >= 4 is 22.0 Å². The number of nitrogens with one attached hydrogen (secondary N) is 2. The first-order chi connectivity index (χ1) is 11.7. The number of carbonyl (C=O) groups is 2. The first-order valence-electron chi connectivity index (χ1n) is 8.59. The predicted molar refractivity (Wildman–Crippen MR) is 92.6 cm³/mol. The van der Waals surface area contributed by atoms with Gasteiger partial charge in [0.2, 0.25) is 10.0 Å². The van der Waals surface area contributed by atoms with Crippen LogP contribution in [0.25, 0.3) is 0 Å². The summed E-state index contributed by atoms with van der Waals surface area (Å²) >= 11 is 0. The van der Waals surface area contributed by atoms with Crippen LogP contribution in [0.3, 0.4) is 0 Å². The number of fused-ring (bicyclic) bond motifs is 1. The van der Waals surface area contributed by atoms with E-state index in [2.05, 4.69) is 10.6 Å². The van der Waals surface area contributed by atoms with Crippen molar-refractivity contribution in [2.75, 3.05) is 39.1 Å². The largest absolute Gasteiger partial charge is 0.385 e. The molecule has 2 fully saturated rings. The summed E-state index contributed by atoms with van der Waals surface area (Å²) in [6.45, 7) is 5.03. The van der Waals surface area contributed by atoms with Crippen molar-refractivity contribution in [3.63, 3.8) is 0 Å². The molecule has 2 aliphatic rings. The molecule has 0 aromatic rings. The number of methoxy groups -OCH3 is 1. The first-order valence-corrected chi connectivity index (χ1v) is 10.2. The number of hydrogen-bond acceptors (Lipinski definition) is 6. The summed E-state index contributed by atoms with van der Waals surface area (Å²) in [7, 11) is -2.06. The number of amides is 3. The maximum atomic E-state index is 12.8. The summed E-state index contributed by atoms with van der Waals surface area (Å²) in [4.78, 5) is 26.5. The Labute approximate surface area is 149 Å². The van der Waals surface area contributed by atoms with Crippen LogP contribution in [0.2, 0.25) is 0 Å². The van der Waals surface area contributed by atoms with Gasteiger partial charge in [-0.2, -0.15) is 0 Å². The van der Waals surface area contributed by atoms with Crippen LogP contribution in [-0.2, 0) is 19.6 Å². The molecule has 2 N–H and O–H groups in total. The third kappa shape index (κ3) is 5.05. The van der Waals surface area contributed by atoms with E-state index in [0.717, 1.165) is 4.31 Å². The quantitative estimate of drug-likeness (QED) is 0.596. The van der Waals surface area contributed by atoms with Crippen molar-refractivity contribution in [2.24, 2.45) is 0 Å². The molecule has 0 bridgehead atoms. The van der Waals surface area contributed by atoms with Gasteiger partial charge in [0, 0.05) is 45.4 Å². The van der Waals surface area contributed by atoms with Crippen molar-refractivity contribution in [1.82, 2.24) is 19.8 Å². The van der Waals surface area contributed by atoms with Crippen LogP contribution < -0.4 is 10.6 Å². The van der Waals surface area contributed by atoms with Crippen molar-refractivity contribution < 1.29 is 22.7 Å². The van der Waals surface area contributed by atoms with Gasteiger partial charge in [0.25, 0.3) is 5.91 Å². The summed E-state index contributed by atoms with van der Waals surface area (Å²) in [6.07, 6.45) is 0.882. The Morgan fingerprint density at radius 2 is 2.12 bits per heavy atom. The van der Waals surface area contributed by atoms with Gasteiger partial charge in [-0.15, -0.1) is 0 Å². The fourth-order valence-electron chi connectivity index (χ4n) is 3.25. The number of carbonyl (C=O) groups excluding carboxylic acids is 2. The van der Waals surface area contributed by atoms with Crippen LogP contribution in [0.1, 0.15) is 26.7 Å². The van der Waals surface area contributed by atoms with Gasteiger partial charge in [0.05, 0.1) is 11.8 Å². The lowest BCUT2D eigenvalue weighted by Gasteiger charge is -2.23. The zero-order chi connectivity index (χ0) is 18.6. The van der Waals surface area contributed by atoms with Crippen LogP contribution in [-0.4, -0.2) is 86.8 Å². The molecule has 144 valence electrons. The number of hydrogen-bond donors (Lipinski definition) is 2. The van der Waals surface area contributed by atoms with E-state index in [4.69, 9.17) is 4.74 Å². The highest BCUT2D eigenvalue weighted by atomic mass is 32.2. The minimum atomic E-state index is -3.60. The standard InChI is InChI=1S/C15H28N4O5S/c1-11(2)16-15(21)17-12-9-13-14(20)19(5-4-7-24-3)25(22,23)8-6-18(13)10-12/h11-13H,4-10H2,1-3H3,(H2,16,17,21)/t12-,13-/m0/s1. The van der Waals surface area contributed by atoms with Crippen LogP contribution in [0.4, 0.5) is 4.79 Å². The molecule has 0 spiro atoms. The average Bonchev–Trinajstić information content (AvgIpc) is 2.87. The molecule has 3 amide bonds. The van der Waals surface area contributed by atoms with E-state index in [0.29, 0.717) is 32.5 Å². The number of sulfonamides is 1. The Morgan fingerprint density at radius 3 is 2.76 bits per heavy atom. The lowest BCUT2D eigenvalue weighted by molar-refractivity contribution is -0.130. The minimum Gasteiger partial charge on any atom is -0.385 e. The van der Waals surface area contributed by atoms with Gasteiger partial charge in [-0.1, -0.05) is 0 Å². The highest BCUT2D eigenvalue weighted by molar-refractivity contribution is 7.89. The Bertz CT molecular complexity index is 595. The zero-order valence-corrected chi connectivity index (χ0v) is 15.8. The molecule has 2 aliphatic heterocycles. The van der Waals surface area contributed by atoms with E-state index in [-0.39, 0.29) is 30.4 Å². The number of urea groups is 1. The van der Waals surface area contributed by atoms with Gasteiger partial charge in [-0.3, -0.25) is 9.69 Å². The second-order valence-electron chi connectivity index (χ2n) is 6.79. The van der Waals surface area contributed by atoms with Gasteiger partial charge in [-0.25, -0.2) is 17.5 Å². The molecule has 0 aromatic heterocycles. The molecule has 10 heteroatoms. The third-order valence-corrected chi connectivity index (χ3v) is 6.10. The summed E-state index contributed by atoms with van der Waals surface area (Å²) in [5, 5.41) is 5.62. The van der Waals surface area contributed by atoms with E-state index in [9.17, 15) is 18.0 Å². The highest BCUT2D eigenvalue weighted by Gasteiger charge is 2.45. The molecular formula is C15H28N4O5S. The molecule has 2 rings (SSSR count). The van der Waals surface area contributed by atoms with E-state index in [1.807, 2.05) is 18.7 Å². The molecule has 2 saturated heterocycles. The minimum absolute atomic E-state index is 0.0234. The second kappa shape index (κ2) is 8.33. The van der Waals surface area contributed by atoms with Crippen molar-refractivity contribution in [1.29, 1.82) is 0 Å². The molecule has 0 unspecified atom stereocenters. The Hall–Kier alpha value is -1.39. The van der Waals surface area contributed by atoms with Crippen LogP contribution >= 0.6 is 0 Å². The highest BCUT2D eigenvalue weighted by Crippen LogP contribution is 2.24. The fraction of sp³-hybridized carbons (Fsp3) is 0.867. The summed E-state index contributed by atoms with van der Waals surface area (Å²) in [6, 6.07) is -0.927. The van der Waals surface area contributed by atoms with Gasteiger partial charge >= 0.3 is 6.03 Å². The maximum absolute atomic E-state index is 12.8. The summed E-state index contributed by atoms with van der Waals surface area (Å²) in [5.74, 6) is -0.491. The second-order valence-corrected chi connectivity index (χ2v) is 8.80. The van der Waals surface area contributed by atoms with Crippen molar-refractivity contribution in [2.45, 2.75) is 44.8 Å². The van der Waals surface area contributed by atoms with Crippen LogP contribution in [0, 0.1) is 0 Å². The number of ether oxygens (including phenoxy) is 1. The third-order valence-electron chi connectivity index (χ3n) is 4.37. The zero-order valence-electron chi connectivity index (χ0n) is 15.0. The lowest BCUT2D eigenvalue weighted by Crippen LogP contribution is -2.46. The SMILES string of the molecule is COCCCN1C(=O)[C@@H]2C[C@H](NC(=O)NC(C)C)CN2CCS1(=O)=O. The molecule has 25 heavy (non-hydrogen) atoms. The molecule has 0 saturated carbocycles. The fourth-order valence-corrected chi connectivity index (χ4v) is 4.74. The van der Waals surface area contributed by atoms with Gasteiger partial charge < -0.3 is 15.4 Å². The molecule has 2 atom stereocenters. The van der Waals surface area contributed by atoms with Gasteiger partial charge in [-0.05, 0) is 26.7 Å². The molecule has 2 heterocycles. The molecule has 0 aromatic carbocycles. The van der Waals surface area contributed by atoms with Crippen molar-refractivity contribution in [3.8, 4) is 0 Å². The van der Waals surface area contributed by atoms with Gasteiger partial charge in [0.1, 0.15) is 0 Å². The Balaban J connectivity index is 2.03. The first kappa shape index (κ1) is 19.9. The topological polar surface area (TPSA) is 108 Å². The molecule has 0 radical (unpaired) electrons. The van der Waals surface area contributed by atoms with Crippen LogP contribution in [0.5, 0.6) is 0 Å². The van der Waals surface area contributed by atoms with Crippen molar-refractivity contribution in [3.05, 3.63) is 0 Å². The molecule has 9 nitrogen and oxygen atoms in total. The number of nitrogens with zero attached hydrogens (tertiary/aromatic N) is 2. The average molecular weight is 376 g/mol. The number of rotatable bonds is 6. The lowest BCUT2D eigenvalue weighted by atomic mass is 10.1. The smallest absolute Gasteiger partial charge is 0.315 e. The normalized spacial score (nSPS) is 26.4. The van der Waals surface area contributed by atoms with Crippen LogP contribution in [0.15, 0.2) is 0 Å².